The van der Waals surface area contributed by atoms with Gasteiger partial charge in [-0.05, 0) is 12.0 Å². The van der Waals surface area contributed by atoms with Gasteiger partial charge in [0.2, 0.25) is 0 Å². The second-order valence-electron chi connectivity index (χ2n) is 4.28. The van der Waals surface area contributed by atoms with Gasteiger partial charge < -0.3 is 4.74 Å². The van der Waals surface area contributed by atoms with Crippen LogP contribution in [0.5, 0.6) is 0 Å². The van der Waals surface area contributed by atoms with Crippen LogP contribution in [0.25, 0.3) is 0 Å². The molecule has 0 unspecified atom stereocenters. The van der Waals surface area contributed by atoms with Crippen molar-refractivity contribution < 1.29 is 4.74 Å². The third-order valence-electron chi connectivity index (χ3n) is 2.54. The highest BCUT2D eigenvalue weighted by Crippen LogP contribution is 2.15. The van der Waals surface area contributed by atoms with Crippen molar-refractivity contribution in [3.05, 3.63) is 35.9 Å². The number of hydrogen-bond donors (Lipinski definition) is 0. The Hall–Kier alpha value is -1.31. The first-order valence-electron chi connectivity index (χ1n) is 5.50. The zero-order valence-corrected chi connectivity index (χ0v) is 9.31. The molecule has 0 aromatic heterocycles. The summed E-state index contributed by atoms with van der Waals surface area (Å²) in [7, 11) is 0. The Morgan fingerprint density at radius 3 is 2.67 bits per heavy atom. The van der Waals surface area contributed by atoms with Crippen LogP contribution < -0.4 is 0 Å². The van der Waals surface area contributed by atoms with Crippen molar-refractivity contribution in [2.45, 2.75) is 26.3 Å². The van der Waals surface area contributed by atoms with Crippen molar-refractivity contribution in [2.24, 2.45) is 10.9 Å². The van der Waals surface area contributed by atoms with E-state index < -0.39 is 0 Å². The van der Waals surface area contributed by atoms with Crippen LogP contribution in [0.15, 0.2) is 35.3 Å². The molecule has 0 fully saturated rings. The lowest BCUT2D eigenvalue weighted by molar-refractivity contribution is 0.301. The number of nitrogens with zero attached hydrogens (tertiary/aromatic N) is 1. The van der Waals surface area contributed by atoms with Gasteiger partial charge in [-0.3, -0.25) is 0 Å². The zero-order valence-electron chi connectivity index (χ0n) is 9.31. The van der Waals surface area contributed by atoms with Crippen molar-refractivity contribution in [3.8, 4) is 0 Å². The minimum atomic E-state index is 0.310. The van der Waals surface area contributed by atoms with E-state index >= 15 is 0 Å². The van der Waals surface area contributed by atoms with Crippen molar-refractivity contribution in [1.82, 2.24) is 0 Å². The Labute approximate surface area is 91.0 Å². The van der Waals surface area contributed by atoms with Crippen LogP contribution in [0.2, 0.25) is 0 Å². The van der Waals surface area contributed by atoms with Crippen LogP contribution in [0.4, 0.5) is 0 Å². The average molecular weight is 203 g/mol. The predicted octanol–water partition coefficient (Wildman–Crippen LogP) is 2.68. The summed E-state index contributed by atoms with van der Waals surface area (Å²) in [6, 6.07) is 10.8. The minimum Gasteiger partial charge on any atom is -0.478 e. The van der Waals surface area contributed by atoms with Gasteiger partial charge in [0.05, 0.1) is 6.04 Å². The lowest BCUT2D eigenvalue weighted by atomic mass is 10.1. The van der Waals surface area contributed by atoms with Gasteiger partial charge in [0.15, 0.2) is 5.90 Å². The summed E-state index contributed by atoms with van der Waals surface area (Å²) in [5.74, 6) is 1.32. The maximum absolute atomic E-state index is 5.55. The first-order chi connectivity index (χ1) is 7.25. The molecule has 80 valence electrons. The monoisotopic (exact) mass is 203 g/mol. The first-order valence-corrected chi connectivity index (χ1v) is 5.50. The van der Waals surface area contributed by atoms with Gasteiger partial charge in [0, 0.05) is 5.92 Å². The highest BCUT2D eigenvalue weighted by molar-refractivity contribution is 5.79. The highest BCUT2D eigenvalue weighted by atomic mass is 16.5. The fourth-order valence-electron chi connectivity index (χ4n) is 1.74. The summed E-state index contributed by atoms with van der Waals surface area (Å²) >= 11 is 0. The highest BCUT2D eigenvalue weighted by Gasteiger charge is 2.20. The van der Waals surface area contributed by atoms with Gasteiger partial charge in [-0.2, -0.15) is 0 Å². The van der Waals surface area contributed by atoms with Crippen LogP contribution in [0.1, 0.15) is 19.4 Å². The second-order valence-corrected chi connectivity index (χ2v) is 4.28. The molecule has 1 aliphatic heterocycles. The van der Waals surface area contributed by atoms with E-state index in [1.165, 1.54) is 5.56 Å². The van der Waals surface area contributed by atoms with Gasteiger partial charge in [-0.1, -0.05) is 44.2 Å². The molecule has 2 rings (SSSR count). The molecule has 1 atom stereocenters. The van der Waals surface area contributed by atoms with E-state index in [1.807, 2.05) is 6.07 Å². The normalized spacial score (nSPS) is 20.2. The molecule has 0 N–H and O–H groups in total. The standard InChI is InChI=1S/C13H17NO/c1-10(2)13-14-12(9-15-13)8-11-6-4-3-5-7-11/h3-7,10,12H,8-9H2,1-2H3/t12-/m0/s1. The fourth-order valence-corrected chi connectivity index (χ4v) is 1.74. The summed E-state index contributed by atoms with van der Waals surface area (Å²) in [5.41, 5.74) is 1.33. The summed E-state index contributed by atoms with van der Waals surface area (Å²) in [6.45, 7) is 4.97. The molecule has 0 saturated carbocycles. The van der Waals surface area contributed by atoms with Gasteiger partial charge >= 0.3 is 0 Å². The summed E-state index contributed by atoms with van der Waals surface area (Å²) in [5, 5.41) is 0. The number of aliphatic imine (C=N–C) groups is 1. The maximum Gasteiger partial charge on any atom is 0.186 e. The van der Waals surface area contributed by atoms with E-state index in [9.17, 15) is 0 Å². The molecule has 15 heavy (non-hydrogen) atoms. The maximum atomic E-state index is 5.55. The van der Waals surface area contributed by atoms with Crippen molar-refractivity contribution in [3.63, 3.8) is 0 Å². The van der Waals surface area contributed by atoms with Crippen LogP contribution in [0, 0.1) is 5.92 Å². The Kier molecular flexibility index (Phi) is 3.05. The summed E-state index contributed by atoms with van der Waals surface area (Å²) in [4.78, 5) is 4.58. The molecule has 1 heterocycles. The molecule has 1 aromatic rings. The van der Waals surface area contributed by atoms with E-state index in [2.05, 4.69) is 43.1 Å². The third kappa shape index (κ3) is 2.58. The topological polar surface area (TPSA) is 21.6 Å². The minimum absolute atomic E-state index is 0.310. The molecule has 0 spiro atoms. The van der Waals surface area contributed by atoms with Crippen LogP contribution in [-0.4, -0.2) is 18.5 Å². The molecule has 0 saturated heterocycles. The largest absolute Gasteiger partial charge is 0.478 e. The van der Waals surface area contributed by atoms with E-state index in [4.69, 9.17) is 4.74 Å². The van der Waals surface area contributed by atoms with Gasteiger partial charge in [-0.15, -0.1) is 0 Å². The smallest absolute Gasteiger partial charge is 0.186 e. The van der Waals surface area contributed by atoms with Crippen molar-refractivity contribution >= 4 is 5.90 Å². The van der Waals surface area contributed by atoms with Crippen LogP contribution >= 0.6 is 0 Å². The Balaban J connectivity index is 1.98. The quantitative estimate of drug-likeness (QED) is 0.740. The Bertz CT molecular complexity index is 343. The molecule has 0 aliphatic carbocycles. The SMILES string of the molecule is CC(C)C1=N[C@@H](Cc2ccccc2)CO1. The van der Waals surface area contributed by atoms with Gasteiger partial charge in [0.25, 0.3) is 0 Å². The zero-order chi connectivity index (χ0) is 10.7. The van der Waals surface area contributed by atoms with Gasteiger partial charge in [0.1, 0.15) is 6.61 Å². The van der Waals surface area contributed by atoms with Crippen LogP contribution in [0.3, 0.4) is 0 Å². The molecule has 2 nitrogen and oxygen atoms in total. The average Bonchev–Trinajstić information content (AvgIpc) is 2.68. The lowest BCUT2D eigenvalue weighted by Crippen LogP contribution is -2.10. The molecule has 0 bridgehead atoms. The fraction of sp³-hybridized carbons (Fsp3) is 0.462. The predicted molar refractivity (Wildman–Crippen MR) is 62.2 cm³/mol. The van der Waals surface area contributed by atoms with Crippen molar-refractivity contribution in [2.75, 3.05) is 6.61 Å². The van der Waals surface area contributed by atoms with Crippen molar-refractivity contribution in [1.29, 1.82) is 0 Å². The lowest BCUT2D eigenvalue weighted by Gasteiger charge is -2.04. The number of benzene rings is 1. The number of ether oxygens (including phenoxy) is 1. The molecule has 2 heteroatoms. The van der Waals surface area contributed by atoms with E-state index in [0.29, 0.717) is 12.0 Å². The van der Waals surface area contributed by atoms with E-state index in [-0.39, 0.29) is 0 Å². The molecular formula is C13H17NO. The van der Waals surface area contributed by atoms with Gasteiger partial charge in [-0.25, -0.2) is 4.99 Å². The molecular weight excluding hydrogens is 186 g/mol. The number of hydrogen-bond acceptors (Lipinski definition) is 2. The molecule has 1 aromatic carbocycles. The molecule has 0 radical (unpaired) electrons. The third-order valence-corrected chi connectivity index (χ3v) is 2.54. The number of rotatable bonds is 3. The van der Waals surface area contributed by atoms with E-state index in [0.717, 1.165) is 18.9 Å². The van der Waals surface area contributed by atoms with Crippen LogP contribution in [-0.2, 0) is 11.2 Å². The summed E-state index contributed by atoms with van der Waals surface area (Å²) < 4.78 is 5.55. The Morgan fingerprint density at radius 1 is 1.33 bits per heavy atom. The summed E-state index contributed by atoms with van der Waals surface area (Å²) in [6.07, 6.45) is 0.983. The first kappa shape index (κ1) is 10.2. The Morgan fingerprint density at radius 2 is 2.07 bits per heavy atom. The molecule has 0 amide bonds. The molecule has 1 aliphatic rings. The second kappa shape index (κ2) is 4.47. The van der Waals surface area contributed by atoms with E-state index in [1.54, 1.807) is 0 Å².